The van der Waals surface area contributed by atoms with Crippen LogP contribution in [0.4, 0.5) is 0 Å². The molecule has 6 rings (SSSR count). The van der Waals surface area contributed by atoms with Crippen LogP contribution in [-0.2, 0) is 16.1 Å². The molecular formula is C37H52N2O4. The Morgan fingerprint density at radius 1 is 0.907 bits per heavy atom. The van der Waals surface area contributed by atoms with Crippen LogP contribution < -0.4 is 0 Å². The summed E-state index contributed by atoms with van der Waals surface area (Å²) in [7, 11) is 0. The highest BCUT2D eigenvalue weighted by molar-refractivity contribution is 6.44. The number of ether oxygens (including phenoxy) is 1. The lowest BCUT2D eigenvalue weighted by Crippen LogP contribution is -2.66. The molecule has 4 fully saturated rings. The second kappa shape index (κ2) is 9.94. The van der Waals surface area contributed by atoms with Gasteiger partial charge in [-0.05, 0) is 96.3 Å². The number of nitrogens with zero attached hydrogens (tertiary/aromatic N) is 2. The molecule has 5 aliphatic rings. The predicted molar refractivity (Wildman–Crippen MR) is 169 cm³/mol. The van der Waals surface area contributed by atoms with Gasteiger partial charge < -0.3 is 15.2 Å². The average Bonchev–Trinajstić information content (AvgIpc) is 2.96. The van der Waals surface area contributed by atoms with Crippen LogP contribution in [0.2, 0.25) is 0 Å². The van der Waals surface area contributed by atoms with E-state index in [9.17, 15) is 15.2 Å². The first-order valence-electron chi connectivity index (χ1n) is 16.5. The fourth-order valence-corrected chi connectivity index (χ4v) is 11.5. The Balaban J connectivity index is 1.39. The number of fused-ring (bicyclic) bond motifs is 7. The van der Waals surface area contributed by atoms with Gasteiger partial charge in [-0.2, -0.15) is 0 Å². The Hall–Kier alpha value is -2.63. The lowest BCUT2D eigenvalue weighted by atomic mass is 9.33. The highest BCUT2D eigenvalue weighted by Crippen LogP contribution is 2.75. The fraction of sp³-hybridized carbons (Fsp3) is 0.703. The van der Waals surface area contributed by atoms with E-state index in [-0.39, 0.29) is 33.5 Å². The van der Waals surface area contributed by atoms with Gasteiger partial charge in [-0.3, -0.25) is 4.79 Å². The van der Waals surface area contributed by atoms with Crippen LogP contribution in [0.3, 0.4) is 0 Å². The lowest BCUT2D eigenvalue weighted by molar-refractivity contribution is -0.181. The number of rotatable bonds is 3. The number of esters is 1. The molecule has 0 aliphatic heterocycles. The minimum Gasteiger partial charge on any atom is -0.460 e. The predicted octanol–water partition coefficient (Wildman–Crippen LogP) is 8.80. The monoisotopic (exact) mass is 588 g/mol. The summed E-state index contributed by atoms with van der Waals surface area (Å²) < 4.78 is 6.16. The number of hydrogen-bond acceptors (Lipinski definition) is 6. The largest absolute Gasteiger partial charge is 0.460 e. The van der Waals surface area contributed by atoms with Gasteiger partial charge in [0.2, 0.25) is 0 Å². The molecule has 5 aliphatic carbocycles. The Bertz CT molecular complexity index is 1380. The number of carbonyl (C=O) groups excluding carboxylic acids is 1. The van der Waals surface area contributed by atoms with E-state index in [4.69, 9.17) is 4.74 Å². The molecule has 7 atom stereocenters. The van der Waals surface area contributed by atoms with Crippen LogP contribution in [0.5, 0.6) is 0 Å². The van der Waals surface area contributed by atoms with Crippen LogP contribution in [0, 0.1) is 50.2 Å². The van der Waals surface area contributed by atoms with Crippen molar-refractivity contribution in [1.82, 2.24) is 0 Å². The van der Waals surface area contributed by atoms with Gasteiger partial charge in [0.1, 0.15) is 18.0 Å². The third kappa shape index (κ3) is 4.20. The highest BCUT2D eigenvalue weighted by atomic mass is 16.5. The van der Waals surface area contributed by atoms with E-state index in [1.165, 1.54) is 5.57 Å². The zero-order valence-electron chi connectivity index (χ0n) is 27.4. The molecule has 0 spiro atoms. The van der Waals surface area contributed by atoms with E-state index in [0.29, 0.717) is 36.3 Å². The van der Waals surface area contributed by atoms with Crippen LogP contribution in [0.1, 0.15) is 112 Å². The SMILES string of the molecule is CC1(C)CCC2(C(=O)OCc3ccccc3)CCC3(C)C(=CCC4C5(C)CC(=N\O)/C(=N\O)C(C)(C)C5CCC43C)C2C1. The maximum Gasteiger partial charge on any atom is 0.313 e. The van der Waals surface area contributed by atoms with Gasteiger partial charge in [0.05, 0.1) is 5.41 Å². The smallest absolute Gasteiger partial charge is 0.313 e. The van der Waals surface area contributed by atoms with Crippen LogP contribution in [0.25, 0.3) is 0 Å². The van der Waals surface area contributed by atoms with E-state index < -0.39 is 10.8 Å². The number of allylic oxidation sites excluding steroid dienone is 2. The molecule has 0 amide bonds. The van der Waals surface area contributed by atoms with Gasteiger partial charge in [0.25, 0.3) is 0 Å². The van der Waals surface area contributed by atoms with Crippen LogP contribution in [-0.4, -0.2) is 27.8 Å². The minimum absolute atomic E-state index is 0.00333. The number of oxime groups is 2. The van der Waals surface area contributed by atoms with Gasteiger partial charge in [-0.1, -0.05) is 101 Å². The first-order valence-corrected chi connectivity index (χ1v) is 16.5. The van der Waals surface area contributed by atoms with Crippen molar-refractivity contribution >= 4 is 17.4 Å². The third-order valence-electron chi connectivity index (χ3n) is 14.0. The molecule has 0 heterocycles. The van der Waals surface area contributed by atoms with Gasteiger partial charge >= 0.3 is 5.97 Å². The molecule has 0 radical (unpaired) electrons. The standard InChI is InChI=1S/C37H52N2O4/c1-32(2)17-19-37(31(40)43-23-24-11-9-8-10-12-24)20-18-35(6)25(26(37)21-32)13-14-29-34(5)22-27(38-41)30(39-42)33(3,4)28(34)15-16-36(29,35)7/h8-13,26,28-29,41-42H,14-23H2,1-7H3/b38-27+,39-30+. The third-order valence-corrected chi connectivity index (χ3v) is 14.0. The van der Waals surface area contributed by atoms with Crippen molar-refractivity contribution in [1.29, 1.82) is 0 Å². The molecule has 0 saturated heterocycles. The summed E-state index contributed by atoms with van der Waals surface area (Å²) in [5.41, 5.74) is 2.81. The summed E-state index contributed by atoms with van der Waals surface area (Å²) in [5.74, 6) is 0.888. The fourth-order valence-electron chi connectivity index (χ4n) is 11.5. The van der Waals surface area contributed by atoms with Gasteiger partial charge in [0, 0.05) is 11.8 Å². The average molecular weight is 589 g/mol. The van der Waals surface area contributed by atoms with E-state index in [1.807, 2.05) is 30.3 Å². The van der Waals surface area contributed by atoms with Gasteiger partial charge in [0.15, 0.2) is 0 Å². The number of carbonyl (C=O) groups is 1. The maximum atomic E-state index is 14.2. The van der Waals surface area contributed by atoms with E-state index in [2.05, 4.69) is 64.9 Å². The summed E-state index contributed by atoms with van der Waals surface area (Å²) >= 11 is 0. The quantitative estimate of drug-likeness (QED) is 0.160. The topological polar surface area (TPSA) is 91.5 Å². The first-order chi connectivity index (χ1) is 20.2. The second-order valence-corrected chi connectivity index (χ2v) is 16.8. The first kappa shape index (κ1) is 30.4. The van der Waals surface area contributed by atoms with E-state index in [0.717, 1.165) is 56.9 Å². The molecule has 7 unspecified atom stereocenters. The maximum absolute atomic E-state index is 14.2. The Kier molecular flexibility index (Phi) is 7.03. The number of hydrogen-bond donors (Lipinski definition) is 2. The second-order valence-electron chi connectivity index (χ2n) is 16.8. The van der Waals surface area contributed by atoms with Crippen molar-refractivity contribution in [2.75, 3.05) is 0 Å². The molecule has 0 bridgehead atoms. The summed E-state index contributed by atoms with van der Waals surface area (Å²) in [6.07, 6.45) is 11.1. The zero-order valence-corrected chi connectivity index (χ0v) is 27.4. The Morgan fingerprint density at radius 3 is 2.28 bits per heavy atom. The van der Waals surface area contributed by atoms with Crippen molar-refractivity contribution in [2.24, 2.45) is 60.6 Å². The summed E-state index contributed by atoms with van der Waals surface area (Å²) in [4.78, 5) is 14.2. The van der Waals surface area contributed by atoms with Crippen molar-refractivity contribution in [2.45, 2.75) is 113 Å². The molecule has 1 aromatic rings. The molecule has 0 aromatic heterocycles. The van der Waals surface area contributed by atoms with Crippen molar-refractivity contribution in [3.05, 3.63) is 47.5 Å². The van der Waals surface area contributed by atoms with E-state index in [1.54, 1.807) is 0 Å². The summed E-state index contributed by atoms with van der Waals surface area (Å²) in [6.45, 7) is 16.8. The molecule has 6 heteroatoms. The number of benzene rings is 1. The Morgan fingerprint density at radius 2 is 1.60 bits per heavy atom. The Labute approximate surface area is 258 Å². The van der Waals surface area contributed by atoms with E-state index >= 15 is 0 Å². The van der Waals surface area contributed by atoms with Crippen molar-refractivity contribution < 1.29 is 19.9 Å². The molecule has 6 nitrogen and oxygen atoms in total. The highest BCUT2D eigenvalue weighted by Gasteiger charge is 2.70. The molecule has 2 N–H and O–H groups in total. The van der Waals surface area contributed by atoms with Gasteiger partial charge in [-0.25, -0.2) is 0 Å². The molecule has 43 heavy (non-hydrogen) atoms. The van der Waals surface area contributed by atoms with Crippen LogP contribution in [0.15, 0.2) is 52.3 Å². The van der Waals surface area contributed by atoms with Crippen molar-refractivity contribution in [3.8, 4) is 0 Å². The molecule has 234 valence electrons. The zero-order chi connectivity index (χ0) is 31.1. The van der Waals surface area contributed by atoms with Gasteiger partial charge in [-0.15, -0.1) is 0 Å². The molecule has 1 aromatic carbocycles. The normalized spacial score (nSPS) is 43.0. The minimum atomic E-state index is -0.462. The summed E-state index contributed by atoms with van der Waals surface area (Å²) in [5, 5.41) is 27.3. The molecular weight excluding hydrogens is 536 g/mol. The molecule has 4 saturated carbocycles. The van der Waals surface area contributed by atoms with Crippen LogP contribution >= 0.6 is 0 Å². The van der Waals surface area contributed by atoms with Crippen molar-refractivity contribution in [3.63, 3.8) is 0 Å². The lowest BCUT2D eigenvalue weighted by Gasteiger charge is -2.70. The summed E-state index contributed by atoms with van der Waals surface area (Å²) in [6, 6.07) is 10.0.